The standard InChI is InChI=1S/C29H44N8O/c1-19-6-8-23(15-25(19)33-18-32-20(2)10-12-30)34-28(38)35-27-16-26(29(3,4)5)36-37(27)24-9-7-22-17-31-13-11-21(22)14-24/h6-9,15,21,27,31,33H,10-14,16-18,30H2,1-5H3,(H2,34,35,38). The fraction of sp³-hybridized carbons (Fsp3) is 0.552. The van der Waals surface area contributed by atoms with Crippen molar-refractivity contribution in [3.63, 3.8) is 0 Å². The summed E-state index contributed by atoms with van der Waals surface area (Å²) in [6, 6.07) is 5.61. The van der Waals surface area contributed by atoms with Crippen LogP contribution in [0.15, 0.2) is 51.7 Å². The van der Waals surface area contributed by atoms with Gasteiger partial charge in [-0.15, -0.1) is 0 Å². The highest BCUT2D eigenvalue weighted by Gasteiger charge is 2.36. The molecule has 1 aromatic carbocycles. The lowest BCUT2D eigenvalue weighted by Gasteiger charge is -2.34. The third kappa shape index (κ3) is 7.02. The topological polar surface area (TPSA) is 119 Å². The van der Waals surface area contributed by atoms with Gasteiger partial charge in [0.25, 0.3) is 0 Å². The van der Waals surface area contributed by atoms with E-state index in [1.807, 2.05) is 37.1 Å². The van der Waals surface area contributed by atoms with Crippen molar-refractivity contribution in [1.82, 2.24) is 15.6 Å². The Labute approximate surface area is 227 Å². The summed E-state index contributed by atoms with van der Waals surface area (Å²) in [5.41, 5.74) is 13.0. The fourth-order valence-corrected chi connectivity index (χ4v) is 5.06. The number of hydrogen-bond acceptors (Lipinski definition) is 7. The zero-order valence-electron chi connectivity index (χ0n) is 23.5. The summed E-state index contributed by atoms with van der Waals surface area (Å²) in [7, 11) is 0. The Morgan fingerprint density at radius 1 is 1.26 bits per heavy atom. The molecule has 1 saturated heterocycles. The summed E-state index contributed by atoms with van der Waals surface area (Å²) >= 11 is 0. The first-order valence-electron chi connectivity index (χ1n) is 13.7. The molecule has 2 atom stereocenters. The van der Waals surface area contributed by atoms with E-state index in [9.17, 15) is 4.79 Å². The zero-order chi connectivity index (χ0) is 27.3. The van der Waals surface area contributed by atoms with Crippen molar-refractivity contribution < 1.29 is 4.79 Å². The number of aliphatic imine (C=N–C) groups is 1. The van der Waals surface area contributed by atoms with Gasteiger partial charge in [-0.3, -0.25) is 4.99 Å². The molecule has 4 rings (SSSR count). The van der Waals surface area contributed by atoms with Gasteiger partial charge in [0.05, 0.1) is 0 Å². The Kier molecular flexibility index (Phi) is 8.89. The number of carbonyl (C=O) groups excluding carboxylic acids is 1. The molecule has 2 aliphatic heterocycles. The van der Waals surface area contributed by atoms with Crippen LogP contribution in [0.4, 0.5) is 16.2 Å². The summed E-state index contributed by atoms with van der Waals surface area (Å²) in [5.74, 6) is 0.543. The molecule has 206 valence electrons. The van der Waals surface area contributed by atoms with Crippen LogP contribution in [0.5, 0.6) is 0 Å². The molecular formula is C29H44N8O. The molecule has 1 fully saturated rings. The van der Waals surface area contributed by atoms with Crippen LogP contribution in [0, 0.1) is 18.3 Å². The van der Waals surface area contributed by atoms with Crippen LogP contribution in [-0.4, -0.2) is 54.9 Å². The van der Waals surface area contributed by atoms with Crippen LogP contribution in [0.1, 0.15) is 58.9 Å². The first-order valence-corrected chi connectivity index (χ1v) is 13.7. The summed E-state index contributed by atoms with van der Waals surface area (Å²) in [6.45, 7) is 13.6. The summed E-state index contributed by atoms with van der Waals surface area (Å²) in [6.07, 6.45) is 7.75. The van der Waals surface area contributed by atoms with E-state index < -0.39 is 0 Å². The van der Waals surface area contributed by atoms with Gasteiger partial charge in [-0.2, -0.15) is 5.10 Å². The monoisotopic (exact) mass is 520 g/mol. The number of benzene rings is 1. The molecule has 3 aliphatic rings. The number of aryl methyl sites for hydroxylation is 1. The van der Waals surface area contributed by atoms with E-state index >= 15 is 0 Å². The van der Waals surface area contributed by atoms with E-state index in [1.54, 1.807) is 0 Å². The number of hydrogen-bond donors (Lipinski definition) is 5. The first-order chi connectivity index (χ1) is 18.1. The molecular weight excluding hydrogens is 476 g/mol. The minimum Gasteiger partial charge on any atom is -0.366 e. The largest absolute Gasteiger partial charge is 0.366 e. The van der Waals surface area contributed by atoms with Gasteiger partial charge < -0.3 is 27.0 Å². The lowest BCUT2D eigenvalue weighted by molar-refractivity contribution is 0.215. The summed E-state index contributed by atoms with van der Waals surface area (Å²) in [4.78, 5) is 17.7. The number of nitrogens with zero attached hydrogens (tertiary/aromatic N) is 3. The van der Waals surface area contributed by atoms with E-state index in [0.29, 0.717) is 25.6 Å². The van der Waals surface area contributed by atoms with Crippen LogP contribution < -0.4 is 27.0 Å². The Balaban J connectivity index is 1.43. The average Bonchev–Trinajstić information content (AvgIpc) is 3.30. The number of anilines is 2. The molecule has 9 heteroatoms. The van der Waals surface area contributed by atoms with Gasteiger partial charge in [-0.25, -0.2) is 9.80 Å². The quantitative estimate of drug-likeness (QED) is 0.322. The van der Waals surface area contributed by atoms with E-state index in [0.717, 1.165) is 66.4 Å². The third-order valence-corrected chi connectivity index (χ3v) is 7.46. The zero-order valence-corrected chi connectivity index (χ0v) is 23.5. The molecule has 2 unspecified atom stereocenters. The Hall–Kier alpha value is -3.17. The Bertz CT molecular complexity index is 1140. The number of piperidine rings is 1. The molecule has 1 aromatic rings. The van der Waals surface area contributed by atoms with Crippen molar-refractivity contribution in [2.75, 3.05) is 36.9 Å². The minimum absolute atomic E-state index is 0.0708. The SMILES string of the molecule is CC(CCN)=NCNc1cc(NC(=O)NC2CC(C(C)(C)C)=NN2C2=CC=C3CNCCC3C2)ccc1C. The second-order valence-corrected chi connectivity index (χ2v) is 11.5. The number of urea groups is 1. The molecule has 0 radical (unpaired) electrons. The number of nitrogens with two attached hydrogens (primary N) is 1. The van der Waals surface area contributed by atoms with E-state index in [-0.39, 0.29) is 17.6 Å². The van der Waals surface area contributed by atoms with E-state index in [4.69, 9.17) is 10.8 Å². The van der Waals surface area contributed by atoms with Gasteiger partial charge in [-0.05, 0) is 75.9 Å². The smallest absolute Gasteiger partial charge is 0.320 e. The summed E-state index contributed by atoms with van der Waals surface area (Å²) in [5, 5.41) is 20.1. The number of amides is 2. The van der Waals surface area contributed by atoms with Gasteiger partial charge >= 0.3 is 6.03 Å². The molecule has 38 heavy (non-hydrogen) atoms. The molecule has 0 bridgehead atoms. The van der Waals surface area contributed by atoms with Crippen molar-refractivity contribution in [2.45, 2.75) is 66.5 Å². The normalized spacial score (nSPS) is 21.8. The number of fused-ring (bicyclic) bond motifs is 1. The van der Waals surface area contributed by atoms with Gasteiger partial charge in [0.15, 0.2) is 0 Å². The van der Waals surface area contributed by atoms with Crippen LogP contribution in [-0.2, 0) is 0 Å². The van der Waals surface area contributed by atoms with Gasteiger partial charge in [0.2, 0.25) is 0 Å². The van der Waals surface area contributed by atoms with Crippen LogP contribution in [0.25, 0.3) is 0 Å². The molecule has 0 aromatic heterocycles. The third-order valence-electron chi connectivity index (χ3n) is 7.46. The van der Waals surface area contributed by atoms with Gasteiger partial charge in [0, 0.05) is 46.9 Å². The molecule has 9 nitrogen and oxygen atoms in total. The lowest BCUT2D eigenvalue weighted by Crippen LogP contribution is -2.46. The highest BCUT2D eigenvalue weighted by Crippen LogP contribution is 2.36. The Morgan fingerprint density at radius 2 is 2.08 bits per heavy atom. The number of carbonyl (C=O) groups is 1. The number of hydrazone groups is 1. The van der Waals surface area contributed by atoms with E-state index in [1.165, 1.54) is 5.57 Å². The van der Waals surface area contributed by atoms with Gasteiger partial charge in [-0.1, -0.05) is 38.5 Å². The molecule has 0 spiro atoms. The Morgan fingerprint density at radius 3 is 2.84 bits per heavy atom. The molecule has 2 heterocycles. The second-order valence-electron chi connectivity index (χ2n) is 11.5. The fourth-order valence-electron chi connectivity index (χ4n) is 5.06. The maximum atomic E-state index is 13.2. The predicted molar refractivity (Wildman–Crippen MR) is 157 cm³/mol. The maximum absolute atomic E-state index is 13.2. The van der Waals surface area contributed by atoms with E-state index in [2.05, 4.69) is 59.2 Å². The highest BCUT2D eigenvalue weighted by atomic mass is 16.2. The molecule has 1 aliphatic carbocycles. The van der Waals surface area contributed by atoms with Crippen molar-refractivity contribution in [2.24, 2.45) is 27.2 Å². The molecule has 0 saturated carbocycles. The van der Waals surface area contributed by atoms with Crippen LogP contribution >= 0.6 is 0 Å². The number of allylic oxidation sites excluding steroid dienone is 3. The van der Waals surface area contributed by atoms with Crippen molar-refractivity contribution >= 4 is 28.8 Å². The van der Waals surface area contributed by atoms with Crippen molar-refractivity contribution in [3.05, 3.63) is 47.2 Å². The van der Waals surface area contributed by atoms with Gasteiger partial charge in [0.1, 0.15) is 12.8 Å². The van der Waals surface area contributed by atoms with Crippen LogP contribution in [0.2, 0.25) is 0 Å². The summed E-state index contributed by atoms with van der Waals surface area (Å²) < 4.78 is 0. The van der Waals surface area contributed by atoms with Crippen LogP contribution in [0.3, 0.4) is 0 Å². The number of nitrogens with one attached hydrogen (secondary N) is 4. The minimum atomic E-state index is -0.244. The second kappa shape index (κ2) is 12.1. The maximum Gasteiger partial charge on any atom is 0.320 e. The first kappa shape index (κ1) is 27.9. The van der Waals surface area contributed by atoms with Crippen molar-refractivity contribution in [3.8, 4) is 0 Å². The lowest BCUT2D eigenvalue weighted by atomic mass is 9.84. The predicted octanol–water partition coefficient (Wildman–Crippen LogP) is 4.55. The highest BCUT2D eigenvalue weighted by molar-refractivity contribution is 5.93. The molecule has 2 amide bonds. The molecule has 6 N–H and O–H groups in total. The average molecular weight is 521 g/mol. The number of rotatable bonds is 8. The van der Waals surface area contributed by atoms with Crippen molar-refractivity contribution in [1.29, 1.82) is 0 Å².